The van der Waals surface area contributed by atoms with Gasteiger partial charge in [-0.25, -0.2) is 0 Å². The molecule has 1 atom stereocenters. The molecular formula is C11H25NOS. The van der Waals surface area contributed by atoms with Gasteiger partial charge >= 0.3 is 0 Å². The summed E-state index contributed by atoms with van der Waals surface area (Å²) in [6.45, 7) is 4.20. The van der Waals surface area contributed by atoms with Gasteiger partial charge in [-0.05, 0) is 37.8 Å². The average molecular weight is 219 g/mol. The highest BCUT2D eigenvalue weighted by Crippen LogP contribution is 2.00. The zero-order valence-electron chi connectivity index (χ0n) is 9.84. The molecule has 0 aliphatic carbocycles. The van der Waals surface area contributed by atoms with Gasteiger partial charge in [-0.3, -0.25) is 0 Å². The molecule has 3 heteroatoms. The van der Waals surface area contributed by atoms with Gasteiger partial charge in [0.25, 0.3) is 0 Å². The Bertz CT molecular complexity index is 105. The summed E-state index contributed by atoms with van der Waals surface area (Å²) in [6.07, 6.45) is 7.21. The Morgan fingerprint density at radius 3 is 2.71 bits per heavy atom. The summed E-state index contributed by atoms with van der Waals surface area (Å²) >= 11 is 1.93. The zero-order chi connectivity index (χ0) is 10.6. The molecule has 0 aromatic carbocycles. The van der Waals surface area contributed by atoms with Crippen LogP contribution < -0.4 is 5.32 Å². The second-order valence-electron chi connectivity index (χ2n) is 3.59. The highest BCUT2D eigenvalue weighted by molar-refractivity contribution is 7.98. The van der Waals surface area contributed by atoms with Crippen molar-refractivity contribution < 1.29 is 4.74 Å². The first-order valence-electron chi connectivity index (χ1n) is 5.56. The third-order valence-electron chi connectivity index (χ3n) is 2.21. The maximum Gasteiger partial charge on any atom is 0.0615 e. The maximum absolute atomic E-state index is 5.17. The minimum Gasteiger partial charge on any atom is -0.383 e. The highest BCUT2D eigenvalue weighted by atomic mass is 32.2. The van der Waals surface area contributed by atoms with Gasteiger partial charge in [0.1, 0.15) is 0 Å². The molecule has 0 spiro atoms. The van der Waals surface area contributed by atoms with Crippen molar-refractivity contribution in [3.8, 4) is 0 Å². The van der Waals surface area contributed by atoms with Gasteiger partial charge in [-0.2, -0.15) is 11.8 Å². The summed E-state index contributed by atoms with van der Waals surface area (Å²) in [5, 5.41) is 3.55. The lowest BCUT2D eigenvalue weighted by Gasteiger charge is -2.16. The van der Waals surface area contributed by atoms with Crippen molar-refractivity contribution in [2.24, 2.45) is 0 Å². The number of nitrogens with one attached hydrogen (secondary N) is 1. The predicted octanol–water partition coefficient (Wildman–Crippen LogP) is 2.53. The van der Waals surface area contributed by atoms with E-state index in [-0.39, 0.29) is 0 Å². The van der Waals surface area contributed by atoms with E-state index >= 15 is 0 Å². The summed E-state index contributed by atoms with van der Waals surface area (Å²) in [6, 6.07) is 0.555. The molecule has 0 bridgehead atoms. The van der Waals surface area contributed by atoms with Crippen molar-refractivity contribution in [3.63, 3.8) is 0 Å². The van der Waals surface area contributed by atoms with Crippen LogP contribution in [-0.4, -0.2) is 38.3 Å². The first kappa shape index (κ1) is 14.3. The fourth-order valence-corrected chi connectivity index (χ4v) is 1.96. The zero-order valence-corrected chi connectivity index (χ0v) is 10.7. The molecule has 0 rings (SSSR count). The molecule has 0 aliphatic rings. The van der Waals surface area contributed by atoms with Gasteiger partial charge in [-0.15, -0.1) is 0 Å². The van der Waals surface area contributed by atoms with E-state index in [1.807, 2.05) is 11.8 Å². The highest BCUT2D eigenvalue weighted by Gasteiger charge is 2.04. The van der Waals surface area contributed by atoms with Crippen LogP contribution in [0, 0.1) is 0 Å². The largest absolute Gasteiger partial charge is 0.383 e. The molecule has 0 saturated heterocycles. The Kier molecular flexibility index (Phi) is 11.6. The van der Waals surface area contributed by atoms with E-state index < -0.39 is 0 Å². The molecule has 1 unspecified atom stereocenters. The molecular weight excluding hydrogens is 194 g/mol. The fraction of sp³-hybridized carbons (Fsp3) is 1.00. The van der Waals surface area contributed by atoms with E-state index in [0.717, 1.165) is 13.2 Å². The van der Waals surface area contributed by atoms with Crippen molar-refractivity contribution in [1.29, 1.82) is 0 Å². The van der Waals surface area contributed by atoms with Crippen molar-refractivity contribution in [1.82, 2.24) is 5.32 Å². The smallest absolute Gasteiger partial charge is 0.0615 e. The van der Waals surface area contributed by atoms with Crippen molar-refractivity contribution >= 4 is 11.8 Å². The Labute approximate surface area is 93.2 Å². The molecule has 0 saturated carbocycles. The monoisotopic (exact) mass is 219 g/mol. The lowest BCUT2D eigenvalue weighted by molar-refractivity contribution is 0.162. The third kappa shape index (κ3) is 8.85. The van der Waals surface area contributed by atoms with Crippen LogP contribution in [0.3, 0.4) is 0 Å². The minimum atomic E-state index is 0.555. The van der Waals surface area contributed by atoms with Gasteiger partial charge in [0.05, 0.1) is 6.61 Å². The summed E-state index contributed by atoms with van der Waals surface area (Å²) in [7, 11) is 1.78. The molecule has 14 heavy (non-hydrogen) atoms. The molecule has 1 N–H and O–H groups in total. The lowest BCUT2D eigenvalue weighted by Crippen LogP contribution is -2.33. The predicted molar refractivity (Wildman–Crippen MR) is 66.2 cm³/mol. The maximum atomic E-state index is 5.17. The van der Waals surface area contributed by atoms with E-state index in [9.17, 15) is 0 Å². The minimum absolute atomic E-state index is 0.555. The summed E-state index contributed by atoms with van der Waals surface area (Å²) in [5.41, 5.74) is 0. The first-order chi connectivity index (χ1) is 6.85. The molecule has 0 aliphatic heterocycles. The lowest BCUT2D eigenvalue weighted by atomic mass is 10.2. The number of hydrogen-bond acceptors (Lipinski definition) is 3. The molecule has 0 aromatic heterocycles. The Morgan fingerprint density at radius 1 is 1.36 bits per heavy atom. The Balaban J connectivity index is 3.30. The molecule has 0 aromatic rings. The van der Waals surface area contributed by atoms with Gasteiger partial charge < -0.3 is 10.1 Å². The topological polar surface area (TPSA) is 21.3 Å². The normalized spacial score (nSPS) is 13.1. The molecule has 0 radical (unpaired) electrons. The number of hydrogen-bond donors (Lipinski definition) is 1. The first-order valence-corrected chi connectivity index (χ1v) is 6.95. The summed E-state index contributed by atoms with van der Waals surface area (Å²) in [5.74, 6) is 1.28. The van der Waals surface area contributed by atoms with Crippen LogP contribution in [0.1, 0.15) is 32.6 Å². The van der Waals surface area contributed by atoms with Crippen LogP contribution in [0.5, 0.6) is 0 Å². The van der Waals surface area contributed by atoms with Gasteiger partial charge in [-0.1, -0.05) is 13.3 Å². The van der Waals surface area contributed by atoms with E-state index in [0.29, 0.717) is 6.04 Å². The van der Waals surface area contributed by atoms with E-state index in [2.05, 4.69) is 18.5 Å². The molecule has 0 heterocycles. The second-order valence-corrected chi connectivity index (χ2v) is 4.58. The van der Waals surface area contributed by atoms with Crippen LogP contribution >= 0.6 is 11.8 Å². The Morgan fingerprint density at radius 2 is 2.14 bits per heavy atom. The SMILES string of the molecule is CCCC(COC)NCCCCSC. The average Bonchev–Trinajstić information content (AvgIpc) is 2.18. The number of thioether (sulfide) groups is 1. The van der Waals surface area contributed by atoms with Crippen LogP contribution in [0.2, 0.25) is 0 Å². The molecule has 2 nitrogen and oxygen atoms in total. The van der Waals surface area contributed by atoms with Gasteiger partial charge in [0.2, 0.25) is 0 Å². The quantitative estimate of drug-likeness (QED) is 0.571. The van der Waals surface area contributed by atoms with Gasteiger partial charge in [0, 0.05) is 13.2 Å². The Hall–Kier alpha value is 0.270. The van der Waals surface area contributed by atoms with Crippen molar-refractivity contribution in [2.45, 2.75) is 38.6 Å². The molecule has 0 amide bonds. The summed E-state index contributed by atoms with van der Waals surface area (Å²) < 4.78 is 5.17. The van der Waals surface area contributed by atoms with Crippen LogP contribution in [0.4, 0.5) is 0 Å². The van der Waals surface area contributed by atoms with Gasteiger partial charge in [0.15, 0.2) is 0 Å². The number of rotatable bonds is 10. The second kappa shape index (κ2) is 11.3. The molecule has 86 valence electrons. The van der Waals surface area contributed by atoms with E-state index in [1.54, 1.807) is 7.11 Å². The van der Waals surface area contributed by atoms with Crippen LogP contribution in [-0.2, 0) is 4.74 Å². The van der Waals surface area contributed by atoms with Crippen molar-refractivity contribution in [3.05, 3.63) is 0 Å². The van der Waals surface area contributed by atoms with E-state index in [1.165, 1.54) is 31.4 Å². The molecule has 0 fully saturated rings. The fourth-order valence-electron chi connectivity index (χ4n) is 1.47. The van der Waals surface area contributed by atoms with Crippen molar-refractivity contribution in [2.75, 3.05) is 32.3 Å². The number of methoxy groups -OCH3 is 1. The number of ether oxygens (including phenoxy) is 1. The van der Waals surface area contributed by atoms with E-state index in [4.69, 9.17) is 4.74 Å². The van der Waals surface area contributed by atoms with Crippen LogP contribution in [0.25, 0.3) is 0 Å². The standard InChI is InChI=1S/C11H25NOS/c1-4-7-11(10-13-2)12-8-5-6-9-14-3/h11-12H,4-10H2,1-3H3. The third-order valence-corrected chi connectivity index (χ3v) is 2.91. The van der Waals surface area contributed by atoms with Crippen LogP contribution in [0.15, 0.2) is 0 Å². The summed E-state index contributed by atoms with van der Waals surface area (Å²) in [4.78, 5) is 0. The number of unbranched alkanes of at least 4 members (excludes halogenated alkanes) is 1.